The van der Waals surface area contributed by atoms with Gasteiger partial charge in [0.25, 0.3) is 0 Å². The highest BCUT2D eigenvalue weighted by Gasteiger charge is 2.33. The molecule has 0 radical (unpaired) electrons. The SMILES string of the molecule is Cl.N[C@@H](c1c(O)cc(F)cc1F)C1CC1. The number of hydrogen-bond acceptors (Lipinski definition) is 2. The van der Waals surface area contributed by atoms with Crippen LogP contribution in [0.4, 0.5) is 8.78 Å². The minimum Gasteiger partial charge on any atom is -0.507 e. The van der Waals surface area contributed by atoms with Crippen LogP contribution in [-0.2, 0) is 0 Å². The van der Waals surface area contributed by atoms with Gasteiger partial charge in [0.05, 0.1) is 0 Å². The Labute approximate surface area is 92.5 Å². The molecular weight excluding hydrogens is 224 g/mol. The average Bonchev–Trinajstić information content (AvgIpc) is 2.83. The number of phenolic OH excluding ortho intramolecular Hbond substituents is 1. The van der Waals surface area contributed by atoms with Crippen LogP contribution in [0.1, 0.15) is 24.4 Å². The summed E-state index contributed by atoms with van der Waals surface area (Å²) in [6.07, 6.45) is 1.88. The lowest BCUT2D eigenvalue weighted by Crippen LogP contribution is -2.14. The minimum atomic E-state index is -0.785. The Morgan fingerprint density at radius 2 is 1.93 bits per heavy atom. The second kappa shape index (κ2) is 4.33. The average molecular weight is 236 g/mol. The summed E-state index contributed by atoms with van der Waals surface area (Å²) in [4.78, 5) is 0. The molecule has 0 bridgehead atoms. The third kappa shape index (κ3) is 2.38. The lowest BCUT2D eigenvalue weighted by Gasteiger charge is -2.13. The van der Waals surface area contributed by atoms with Crippen LogP contribution in [0.25, 0.3) is 0 Å². The predicted molar refractivity (Wildman–Crippen MR) is 54.9 cm³/mol. The Balaban J connectivity index is 0.00000112. The van der Waals surface area contributed by atoms with E-state index in [1.807, 2.05) is 0 Å². The molecule has 1 aromatic rings. The molecular formula is C10H12ClF2NO. The molecule has 1 saturated carbocycles. The van der Waals surface area contributed by atoms with Crippen LogP contribution in [0.15, 0.2) is 12.1 Å². The molecule has 0 saturated heterocycles. The van der Waals surface area contributed by atoms with E-state index in [0.29, 0.717) is 0 Å². The highest BCUT2D eigenvalue weighted by Crippen LogP contribution is 2.42. The summed E-state index contributed by atoms with van der Waals surface area (Å²) >= 11 is 0. The van der Waals surface area contributed by atoms with Crippen molar-refractivity contribution in [2.24, 2.45) is 11.7 Å². The van der Waals surface area contributed by atoms with Gasteiger partial charge in [-0.2, -0.15) is 0 Å². The van der Waals surface area contributed by atoms with Crippen LogP contribution >= 0.6 is 12.4 Å². The molecule has 0 aliphatic heterocycles. The van der Waals surface area contributed by atoms with Gasteiger partial charge in [0.1, 0.15) is 17.4 Å². The van der Waals surface area contributed by atoms with Gasteiger partial charge >= 0.3 is 0 Å². The van der Waals surface area contributed by atoms with Crippen LogP contribution < -0.4 is 5.73 Å². The molecule has 0 spiro atoms. The molecule has 5 heteroatoms. The molecule has 1 atom stereocenters. The van der Waals surface area contributed by atoms with Crippen LogP contribution in [0.3, 0.4) is 0 Å². The van der Waals surface area contributed by atoms with Crippen LogP contribution in [-0.4, -0.2) is 5.11 Å². The third-order valence-corrected chi connectivity index (χ3v) is 2.54. The zero-order chi connectivity index (χ0) is 10.3. The molecule has 0 heterocycles. The van der Waals surface area contributed by atoms with E-state index in [1.54, 1.807) is 0 Å². The maximum Gasteiger partial charge on any atom is 0.134 e. The van der Waals surface area contributed by atoms with Crippen molar-refractivity contribution >= 4 is 12.4 Å². The van der Waals surface area contributed by atoms with Crippen molar-refractivity contribution in [2.45, 2.75) is 18.9 Å². The molecule has 1 aromatic carbocycles. The van der Waals surface area contributed by atoms with Crippen molar-refractivity contribution < 1.29 is 13.9 Å². The Morgan fingerprint density at radius 1 is 1.33 bits per heavy atom. The van der Waals surface area contributed by atoms with Crippen molar-refractivity contribution in [3.05, 3.63) is 29.3 Å². The lowest BCUT2D eigenvalue weighted by atomic mass is 10.0. The van der Waals surface area contributed by atoms with Gasteiger partial charge in [-0.1, -0.05) is 0 Å². The summed E-state index contributed by atoms with van der Waals surface area (Å²) < 4.78 is 25.9. The van der Waals surface area contributed by atoms with Gasteiger partial charge in [-0.15, -0.1) is 12.4 Å². The Kier molecular flexibility index (Phi) is 3.52. The number of phenols is 1. The topological polar surface area (TPSA) is 46.2 Å². The van der Waals surface area contributed by atoms with Gasteiger partial charge in [-0.25, -0.2) is 8.78 Å². The van der Waals surface area contributed by atoms with Crippen molar-refractivity contribution in [3.8, 4) is 5.75 Å². The van der Waals surface area contributed by atoms with Crippen LogP contribution in [0.2, 0.25) is 0 Å². The number of halogens is 3. The first-order valence-corrected chi connectivity index (χ1v) is 4.53. The maximum absolute atomic E-state index is 13.3. The second-order valence-corrected chi connectivity index (χ2v) is 3.68. The first-order chi connectivity index (χ1) is 6.59. The fourth-order valence-electron chi connectivity index (χ4n) is 1.59. The maximum atomic E-state index is 13.3. The largest absolute Gasteiger partial charge is 0.507 e. The smallest absolute Gasteiger partial charge is 0.134 e. The molecule has 3 N–H and O–H groups in total. The first kappa shape index (κ1) is 12.2. The van der Waals surface area contributed by atoms with Crippen molar-refractivity contribution in [3.63, 3.8) is 0 Å². The van der Waals surface area contributed by atoms with E-state index < -0.39 is 17.7 Å². The van der Waals surface area contributed by atoms with E-state index in [9.17, 15) is 13.9 Å². The zero-order valence-electron chi connectivity index (χ0n) is 7.91. The molecule has 0 unspecified atom stereocenters. The van der Waals surface area contributed by atoms with Crippen molar-refractivity contribution in [1.29, 1.82) is 0 Å². The van der Waals surface area contributed by atoms with Crippen LogP contribution in [0.5, 0.6) is 5.75 Å². The van der Waals surface area contributed by atoms with Crippen molar-refractivity contribution in [1.82, 2.24) is 0 Å². The Bertz CT molecular complexity index is 345. The van der Waals surface area contributed by atoms with Crippen LogP contribution in [0, 0.1) is 17.6 Å². The van der Waals surface area contributed by atoms with Gasteiger partial charge in [0, 0.05) is 23.7 Å². The number of aromatic hydroxyl groups is 1. The molecule has 2 nitrogen and oxygen atoms in total. The molecule has 1 aliphatic rings. The summed E-state index contributed by atoms with van der Waals surface area (Å²) in [5, 5.41) is 9.36. The minimum absolute atomic E-state index is 0. The zero-order valence-corrected chi connectivity index (χ0v) is 8.73. The monoisotopic (exact) mass is 235 g/mol. The standard InChI is InChI=1S/C10H11F2NO.ClH/c11-6-3-7(12)9(8(14)4-6)10(13)5-1-2-5;/h3-5,10,14H,1-2,13H2;1H/t10-;/m1./s1. The van der Waals surface area contributed by atoms with Gasteiger partial charge in [0.15, 0.2) is 0 Å². The molecule has 0 aromatic heterocycles. The van der Waals surface area contributed by atoms with E-state index in [4.69, 9.17) is 5.73 Å². The summed E-state index contributed by atoms with van der Waals surface area (Å²) in [6.45, 7) is 0. The highest BCUT2D eigenvalue weighted by molar-refractivity contribution is 5.85. The fraction of sp³-hybridized carbons (Fsp3) is 0.400. The number of nitrogens with two attached hydrogens (primary N) is 1. The predicted octanol–water partition coefficient (Wildman–Crippen LogP) is 2.50. The number of hydrogen-bond donors (Lipinski definition) is 2. The summed E-state index contributed by atoms with van der Waals surface area (Å²) in [5.41, 5.74) is 5.77. The van der Waals surface area contributed by atoms with Crippen molar-refractivity contribution in [2.75, 3.05) is 0 Å². The molecule has 15 heavy (non-hydrogen) atoms. The molecule has 2 rings (SSSR count). The normalized spacial score (nSPS) is 17.0. The highest BCUT2D eigenvalue weighted by atomic mass is 35.5. The van der Waals surface area contributed by atoms with Gasteiger partial charge in [-0.3, -0.25) is 0 Å². The quantitative estimate of drug-likeness (QED) is 0.827. The van der Waals surface area contributed by atoms with E-state index in [-0.39, 0.29) is 29.6 Å². The van der Waals surface area contributed by atoms with E-state index >= 15 is 0 Å². The molecule has 84 valence electrons. The third-order valence-electron chi connectivity index (χ3n) is 2.54. The second-order valence-electron chi connectivity index (χ2n) is 3.68. The van der Waals surface area contributed by atoms with E-state index in [2.05, 4.69) is 0 Å². The number of rotatable bonds is 2. The van der Waals surface area contributed by atoms with Gasteiger partial charge in [-0.05, 0) is 18.8 Å². The summed E-state index contributed by atoms with van der Waals surface area (Å²) in [5.74, 6) is -1.71. The first-order valence-electron chi connectivity index (χ1n) is 4.53. The van der Waals surface area contributed by atoms with Gasteiger partial charge < -0.3 is 10.8 Å². The Morgan fingerprint density at radius 3 is 2.40 bits per heavy atom. The van der Waals surface area contributed by atoms with Gasteiger partial charge in [0.2, 0.25) is 0 Å². The van der Waals surface area contributed by atoms with E-state index in [1.165, 1.54) is 0 Å². The molecule has 0 amide bonds. The fourth-order valence-corrected chi connectivity index (χ4v) is 1.59. The Hall–Kier alpha value is -0.870. The molecule has 1 aliphatic carbocycles. The lowest BCUT2D eigenvalue weighted by molar-refractivity contribution is 0.433. The van der Waals surface area contributed by atoms with E-state index in [0.717, 1.165) is 25.0 Å². The molecule has 1 fully saturated rings. The number of benzene rings is 1. The summed E-state index contributed by atoms with van der Waals surface area (Å²) in [6, 6.07) is 1.12. The summed E-state index contributed by atoms with van der Waals surface area (Å²) in [7, 11) is 0.